The summed E-state index contributed by atoms with van der Waals surface area (Å²) in [5, 5.41) is 10.4. The van der Waals surface area contributed by atoms with Gasteiger partial charge in [0.1, 0.15) is 11.9 Å². The predicted octanol–water partition coefficient (Wildman–Crippen LogP) is 2.68. The van der Waals surface area contributed by atoms with Crippen molar-refractivity contribution in [3.8, 4) is 0 Å². The highest BCUT2D eigenvalue weighted by Crippen LogP contribution is 2.27. The maximum Gasteiger partial charge on any atom is 0.323 e. The molecule has 1 atom stereocenters. The number of imidazole rings is 1. The van der Waals surface area contributed by atoms with Gasteiger partial charge in [-0.25, -0.2) is 9.18 Å². The fourth-order valence-corrected chi connectivity index (χ4v) is 2.90. The van der Waals surface area contributed by atoms with Crippen molar-refractivity contribution in [3.63, 3.8) is 0 Å². The zero-order valence-corrected chi connectivity index (χ0v) is 12.3. The minimum absolute atomic E-state index is 0.289. The minimum atomic E-state index is -0.870. The molecule has 1 unspecified atom stereocenters. The molecule has 3 rings (SSSR count). The van der Waals surface area contributed by atoms with E-state index in [4.69, 9.17) is 0 Å². The zero-order valence-electron chi connectivity index (χ0n) is 10.2. The Morgan fingerprint density at radius 2 is 1.85 bits per heavy atom. The summed E-state index contributed by atoms with van der Waals surface area (Å²) in [5.74, 6) is -0.337. The Kier molecular flexibility index (Phi) is 3.35. The van der Waals surface area contributed by atoms with Crippen LogP contribution in [0.25, 0.3) is 11.0 Å². The molecule has 0 aliphatic rings. The number of halogens is 2. The van der Waals surface area contributed by atoms with Crippen molar-refractivity contribution in [2.75, 3.05) is 0 Å². The fourth-order valence-electron chi connectivity index (χ4n) is 2.12. The maximum atomic E-state index is 13.1. The van der Waals surface area contributed by atoms with Crippen molar-refractivity contribution in [1.29, 1.82) is 0 Å². The molecule has 3 aromatic rings. The summed E-state index contributed by atoms with van der Waals surface area (Å²) in [7, 11) is 0. The van der Waals surface area contributed by atoms with E-state index in [1.54, 1.807) is 24.3 Å². The van der Waals surface area contributed by atoms with Crippen molar-refractivity contribution in [1.82, 2.24) is 9.97 Å². The van der Waals surface area contributed by atoms with Crippen LogP contribution in [0.5, 0.6) is 0 Å². The molecule has 0 amide bonds. The number of aromatic amines is 2. The lowest BCUT2D eigenvalue weighted by Gasteiger charge is -2.13. The molecule has 2 aromatic carbocycles. The van der Waals surface area contributed by atoms with Gasteiger partial charge in [0.25, 0.3) is 0 Å². The summed E-state index contributed by atoms with van der Waals surface area (Å²) < 4.78 is 13.7. The minimum Gasteiger partial charge on any atom is -0.384 e. The first-order valence-corrected chi connectivity index (χ1v) is 6.97. The van der Waals surface area contributed by atoms with Crippen LogP contribution in [0.4, 0.5) is 4.39 Å². The summed E-state index contributed by atoms with van der Waals surface area (Å²) in [5.41, 5.74) is 2.29. The molecule has 0 aliphatic heterocycles. The van der Waals surface area contributed by atoms with Crippen molar-refractivity contribution in [3.05, 3.63) is 67.4 Å². The molecule has 102 valence electrons. The van der Waals surface area contributed by atoms with Gasteiger partial charge in [0.15, 0.2) is 0 Å². The molecular weight excluding hydrogens is 374 g/mol. The number of benzene rings is 2. The molecule has 0 bridgehead atoms. The van der Waals surface area contributed by atoms with Gasteiger partial charge >= 0.3 is 5.69 Å². The number of rotatable bonds is 2. The second-order valence-corrected chi connectivity index (χ2v) is 5.61. The van der Waals surface area contributed by atoms with E-state index < -0.39 is 6.10 Å². The van der Waals surface area contributed by atoms with Gasteiger partial charge in [0.05, 0.1) is 11.0 Å². The van der Waals surface area contributed by atoms with Crippen molar-refractivity contribution < 1.29 is 9.50 Å². The molecule has 6 heteroatoms. The number of aromatic nitrogens is 2. The summed E-state index contributed by atoms with van der Waals surface area (Å²) in [4.78, 5) is 16.5. The molecule has 0 saturated carbocycles. The van der Waals surface area contributed by atoms with Crippen molar-refractivity contribution >= 4 is 33.6 Å². The standard InChI is InChI=1S/C14H10FIN2O2/c15-8-2-3-9(10(16)6-8)13(19)7-1-4-11-12(5-7)18-14(20)17-11/h1-6,13,19H,(H2,17,18,20). The number of aliphatic hydroxyl groups is 1. The van der Waals surface area contributed by atoms with E-state index in [1.807, 2.05) is 22.6 Å². The Morgan fingerprint density at radius 1 is 1.10 bits per heavy atom. The lowest BCUT2D eigenvalue weighted by Crippen LogP contribution is -2.02. The van der Waals surface area contributed by atoms with Crippen LogP contribution < -0.4 is 5.69 Å². The first-order chi connectivity index (χ1) is 9.54. The number of hydrogen-bond acceptors (Lipinski definition) is 2. The maximum absolute atomic E-state index is 13.1. The highest BCUT2D eigenvalue weighted by molar-refractivity contribution is 14.1. The molecule has 0 radical (unpaired) electrons. The topological polar surface area (TPSA) is 68.9 Å². The summed E-state index contributed by atoms with van der Waals surface area (Å²) >= 11 is 1.99. The molecule has 1 heterocycles. The third-order valence-electron chi connectivity index (χ3n) is 3.11. The third kappa shape index (κ3) is 2.36. The molecule has 0 spiro atoms. The van der Waals surface area contributed by atoms with E-state index in [0.29, 0.717) is 25.7 Å². The zero-order chi connectivity index (χ0) is 14.3. The number of fused-ring (bicyclic) bond motifs is 1. The van der Waals surface area contributed by atoms with Gasteiger partial charge in [0, 0.05) is 3.57 Å². The first kappa shape index (κ1) is 13.3. The van der Waals surface area contributed by atoms with E-state index in [-0.39, 0.29) is 11.5 Å². The Labute approximate surface area is 126 Å². The molecule has 0 saturated heterocycles. The predicted molar refractivity (Wildman–Crippen MR) is 82.1 cm³/mol. The quantitative estimate of drug-likeness (QED) is 0.595. The average molecular weight is 384 g/mol. The van der Waals surface area contributed by atoms with E-state index in [9.17, 15) is 14.3 Å². The van der Waals surface area contributed by atoms with Gasteiger partial charge in [-0.15, -0.1) is 0 Å². The highest BCUT2D eigenvalue weighted by atomic mass is 127. The molecule has 4 nitrogen and oxygen atoms in total. The third-order valence-corrected chi connectivity index (χ3v) is 4.05. The Bertz CT molecular complexity index is 841. The van der Waals surface area contributed by atoms with Crippen LogP contribution in [-0.2, 0) is 0 Å². The van der Waals surface area contributed by atoms with E-state index in [0.717, 1.165) is 0 Å². The molecule has 20 heavy (non-hydrogen) atoms. The number of hydrogen-bond donors (Lipinski definition) is 3. The van der Waals surface area contributed by atoms with Gasteiger partial charge in [-0.2, -0.15) is 0 Å². The number of nitrogens with one attached hydrogen (secondary N) is 2. The monoisotopic (exact) mass is 384 g/mol. The average Bonchev–Trinajstić information content (AvgIpc) is 2.77. The van der Waals surface area contributed by atoms with Gasteiger partial charge < -0.3 is 15.1 Å². The van der Waals surface area contributed by atoms with Crippen LogP contribution in [0, 0.1) is 9.39 Å². The van der Waals surface area contributed by atoms with E-state index in [2.05, 4.69) is 9.97 Å². The Balaban J connectivity index is 2.06. The van der Waals surface area contributed by atoms with Crippen molar-refractivity contribution in [2.45, 2.75) is 6.10 Å². The number of H-pyrrole nitrogens is 2. The molecular formula is C14H10FIN2O2. The second kappa shape index (κ2) is 5.02. The van der Waals surface area contributed by atoms with Crippen LogP contribution in [0.15, 0.2) is 41.2 Å². The summed E-state index contributed by atoms with van der Waals surface area (Å²) in [6.45, 7) is 0. The molecule has 0 fully saturated rings. The normalized spacial score (nSPS) is 12.8. The van der Waals surface area contributed by atoms with Crippen LogP contribution in [-0.4, -0.2) is 15.1 Å². The lowest BCUT2D eigenvalue weighted by molar-refractivity contribution is 0.219. The van der Waals surface area contributed by atoms with Crippen molar-refractivity contribution in [2.24, 2.45) is 0 Å². The Hall–Kier alpha value is -1.67. The fraction of sp³-hybridized carbons (Fsp3) is 0.0714. The van der Waals surface area contributed by atoms with Crippen LogP contribution in [0.1, 0.15) is 17.2 Å². The van der Waals surface area contributed by atoms with Gasteiger partial charge in [0.2, 0.25) is 0 Å². The molecule has 0 aliphatic carbocycles. The lowest BCUT2D eigenvalue weighted by atomic mass is 10.0. The second-order valence-electron chi connectivity index (χ2n) is 4.45. The van der Waals surface area contributed by atoms with Gasteiger partial charge in [-0.1, -0.05) is 12.1 Å². The smallest absolute Gasteiger partial charge is 0.323 e. The van der Waals surface area contributed by atoms with Gasteiger partial charge in [-0.3, -0.25) is 0 Å². The van der Waals surface area contributed by atoms with Crippen LogP contribution in [0.2, 0.25) is 0 Å². The van der Waals surface area contributed by atoms with Gasteiger partial charge in [-0.05, 0) is 58.0 Å². The first-order valence-electron chi connectivity index (χ1n) is 5.89. The molecule has 1 aromatic heterocycles. The number of aliphatic hydroxyl groups excluding tert-OH is 1. The van der Waals surface area contributed by atoms with Crippen LogP contribution >= 0.6 is 22.6 Å². The van der Waals surface area contributed by atoms with Crippen LogP contribution in [0.3, 0.4) is 0 Å². The SMILES string of the molecule is O=c1[nH]c2ccc(C(O)c3ccc(F)cc3I)cc2[nH]1. The Morgan fingerprint density at radius 3 is 2.60 bits per heavy atom. The largest absolute Gasteiger partial charge is 0.384 e. The molecule has 3 N–H and O–H groups in total. The van der Waals surface area contributed by atoms with E-state index >= 15 is 0 Å². The van der Waals surface area contributed by atoms with E-state index in [1.165, 1.54) is 12.1 Å². The highest BCUT2D eigenvalue weighted by Gasteiger charge is 2.15. The summed E-state index contributed by atoms with van der Waals surface area (Å²) in [6, 6.07) is 9.41. The summed E-state index contributed by atoms with van der Waals surface area (Å²) in [6.07, 6.45) is -0.870.